The number of rotatable bonds is 7. The molecule has 1 N–H and O–H groups in total. The van der Waals surface area contributed by atoms with Gasteiger partial charge in [0, 0.05) is 33.0 Å². The van der Waals surface area contributed by atoms with Crippen molar-refractivity contribution in [3.8, 4) is 0 Å². The molecular weight excluding hydrogens is 462 g/mol. The molecule has 0 aliphatic carbocycles. The molecule has 2 aromatic heterocycles. The van der Waals surface area contributed by atoms with E-state index >= 15 is 0 Å². The van der Waals surface area contributed by atoms with Crippen LogP contribution >= 0.6 is 11.3 Å². The molecule has 0 saturated carbocycles. The Hall–Kier alpha value is -2.51. The van der Waals surface area contributed by atoms with Gasteiger partial charge in [-0.2, -0.15) is 4.31 Å². The molecule has 1 saturated heterocycles. The second-order valence-corrected chi connectivity index (χ2v) is 10.4. The molecule has 3 aromatic rings. The maximum atomic E-state index is 12.9. The molecule has 0 spiro atoms. The highest BCUT2D eigenvalue weighted by Crippen LogP contribution is 2.26. The highest BCUT2D eigenvalue weighted by atomic mass is 32.2. The number of aromatic nitrogens is 4. The van der Waals surface area contributed by atoms with Crippen molar-refractivity contribution in [1.29, 1.82) is 0 Å². The molecule has 1 fully saturated rings. The summed E-state index contributed by atoms with van der Waals surface area (Å²) in [5.41, 5.74) is 1.29. The van der Waals surface area contributed by atoms with E-state index in [0.29, 0.717) is 35.8 Å². The number of nitrogens with zero attached hydrogens (tertiary/aromatic N) is 5. The lowest BCUT2D eigenvalue weighted by Gasteiger charge is -2.25. The van der Waals surface area contributed by atoms with Gasteiger partial charge in [-0.3, -0.25) is 4.79 Å². The fraction of sp³-hybridized carbons (Fsp3) is 0.474. The summed E-state index contributed by atoms with van der Waals surface area (Å²) in [6, 6.07) is 4.87. The van der Waals surface area contributed by atoms with E-state index in [1.165, 1.54) is 4.31 Å². The number of anilines is 1. The van der Waals surface area contributed by atoms with Crippen molar-refractivity contribution in [3.63, 3.8) is 0 Å². The van der Waals surface area contributed by atoms with Gasteiger partial charge in [-0.25, -0.2) is 22.2 Å². The minimum Gasteiger partial charge on any atom is -0.331 e. The molecule has 4 rings (SSSR count). The van der Waals surface area contributed by atoms with Crippen LogP contribution in [0.3, 0.4) is 0 Å². The fourth-order valence-corrected chi connectivity index (χ4v) is 5.80. The van der Waals surface area contributed by atoms with Gasteiger partial charge in [0.1, 0.15) is 5.82 Å². The van der Waals surface area contributed by atoms with Crippen molar-refractivity contribution < 1.29 is 22.0 Å². The summed E-state index contributed by atoms with van der Waals surface area (Å²) in [4.78, 5) is 16.9. The van der Waals surface area contributed by atoms with Crippen LogP contribution in [-0.4, -0.2) is 51.5 Å². The molecule has 9 nitrogen and oxygen atoms in total. The number of fused-ring (bicyclic) bond motifs is 1. The number of imidazole rings is 1. The largest absolute Gasteiger partial charge is 0.331 e. The zero-order valence-corrected chi connectivity index (χ0v) is 18.9. The number of hydrogen-bond acceptors (Lipinski definition) is 7. The summed E-state index contributed by atoms with van der Waals surface area (Å²) < 4.78 is 54.4. The van der Waals surface area contributed by atoms with Crippen LogP contribution in [0.25, 0.3) is 11.0 Å². The van der Waals surface area contributed by atoms with Crippen LogP contribution in [-0.2, 0) is 28.3 Å². The zero-order chi connectivity index (χ0) is 22.9. The average Bonchev–Trinajstić information content (AvgIpc) is 3.37. The van der Waals surface area contributed by atoms with Gasteiger partial charge in [0.25, 0.3) is 6.43 Å². The highest BCUT2D eigenvalue weighted by molar-refractivity contribution is 7.89. The van der Waals surface area contributed by atoms with Gasteiger partial charge in [0.05, 0.1) is 15.9 Å². The van der Waals surface area contributed by atoms with E-state index in [0.717, 1.165) is 24.8 Å². The lowest BCUT2D eigenvalue weighted by Crippen LogP contribution is -2.35. The predicted molar refractivity (Wildman–Crippen MR) is 115 cm³/mol. The maximum Gasteiger partial charge on any atom is 0.291 e. The smallest absolute Gasteiger partial charge is 0.291 e. The van der Waals surface area contributed by atoms with E-state index in [1.807, 2.05) is 0 Å². The Morgan fingerprint density at radius 3 is 2.66 bits per heavy atom. The van der Waals surface area contributed by atoms with Crippen molar-refractivity contribution >= 4 is 43.4 Å². The first-order valence-corrected chi connectivity index (χ1v) is 12.4. The van der Waals surface area contributed by atoms with Gasteiger partial charge in [-0.05, 0) is 31.0 Å². The van der Waals surface area contributed by atoms with Crippen LogP contribution in [0.2, 0.25) is 0 Å². The van der Waals surface area contributed by atoms with Gasteiger partial charge in [-0.1, -0.05) is 17.8 Å². The third-order valence-electron chi connectivity index (χ3n) is 5.35. The fourth-order valence-electron chi connectivity index (χ4n) is 3.65. The highest BCUT2D eigenvalue weighted by Gasteiger charge is 2.26. The second kappa shape index (κ2) is 9.16. The number of benzene rings is 1. The van der Waals surface area contributed by atoms with E-state index in [-0.39, 0.29) is 22.9 Å². The number of alkyl halides is 2. The van der Waals surface area contributed by atoms with Crippen molar-refractivity contribution in [3.05, 3.63) is 29.0 Å². The molecular formula is C19H22F2N6O3S2. The van der Waals surface area contributed by atoms with E-state index in [4.69, 9.17) is 0 Å². The van der Waals surface area contributed by atoms with Gasteiger partial charge in [0.2, 0.25) is 21.1 Å². The van der Waals surface area contributed by atoms with Crippen LogP contribution in [0.5, 0.6) is 0 Å². The first-order valence-electron chi connectivity index (χ1n) is 10.1. The Balaban J connectivity index is 1.46. The second-order valence-electron chi connectivity index (χ2n) is 7.50. The molecule has 0 unspecified atom stereocenters. The Morgan fingerprint density at radius 2 is 1.97 bits per heavy atom. The Bertz CT molecular complexity index is 1240. The average molecular weight is 485 g/mol. The minimum absolute atomic E-state index is 0.0165. The molecule has 32 heavy (non-hydrogen) atoms. The van der Waals surface area contributed by atoms with E-state index < -0.39 is 27.4 Å². The number of piperidine rings is 1. The van der Waals surface area contributed by atoms with Crippen LogP contribution in [0.1, 0.15) is 42.9 Å². The van der Waals surface area contributed by atoms with Crippen molar-refractivity contribution in [2.45, 2.75) is 43.4 Å². The van der Waals surface area contributed by atoms with Gasteiger partial charge in [0.15, 0.2) is 5.01 Å². The van der Waals surface area contributed by atoms with E-state index in [9.17, 15) is 22.0 Å². The lowest BCUT2D eigenvalue weighted by molar-refractivity contribution is -0.116. The molecule has 0 radical (unpaired) electrons. The molecule has 13 heteroatoms. The summed E-state index contributed by atoms with van der Waals surface area (Å²) in [6.45, 7) is 1.05. The number of aryl methyl sites for hydroxylation is 2. The SMILES string of the molecule is Cn1c(CCC(=O)Nc2nnc(C(F)F)s2)nc2cc(S(=O)(=O)N3CCCCC3)ccc21. The third-order valence-corrected chi connectivity index (χ3v) is 8.09. The van der Waals surface area contributed by atoms with Crippen LogP contribution in [0.4, 0.5) is 13.9 Å². The molecule has 1 aliphatic rings. The normalized spacial score (nSPS) is 15.5. The van der Waals surface area contributed by atoms with Crippen molar-refractivity contribution in [1.82, 2.24) is 24.1 Å². The number of nitrogens with one attached hydrogen (secondary N) is 1. The quantitative estimate of drug-likeness (QED) is 0.552. The number of carbonyl (C=O) groups excluding carboxylic acids is 1. The van der Waals surface area contributed by atoms with Crippen LogP contribution < -0.4 is 5.32 Å². The molecule has 1 amide bonds. The number of carbonyl (C=O) groups is 1. The molecule has 1 aromatic carbocycles. The number of halogens is 2. The molecule has 1 aliphatic heterocycles. The summed E-state index contributed by atoms with van der Waals surface area (Å²) in [7, 11) is -1.77. The monoisotopic (exact) mass is 484 g/mol. The molecule has 0 bridgehead atoms. The van der Waals surface area contributed by atoms with Crippen LogP contribution in [0, 0.1) is 0 Å². The summed E-state index contributed by atoms with van der Waals surface area (Å²) >= 11 is 0.628. The zero-order valence-electron chi connectivity index (χ0n) is 17.3. The Labute approximate surface area is 187 Å². The van der Waals surface area contributed by atoms with Gasteiger partial charge in [-0.15, -0.1) is 10.2 Å². The van der Waals surface area contributed by atoms with E-state index in [1.54, 1.807) is 29.8 Å². The number of amides is 1. The summed E-state index contributed by atoms with van der Waals surface area (Å²) in [5.74, 6) is 0.204. The summed E-state index contributed by atoms with van der Waals surface area (Å²) in [5, 5.41) is 8.88. The molecule has 0 atom stereocenters. The number of hydrogen-bond donors (Lipinski definition) is 1. The predicted octanol–water partition coefficient (Wildman–Crippen LogP) is 3.11. The summed E-state index contributed by atoms with van der Waals surface area (Å²) in [6.07, 6.45) is 0.358. The van der Waals surface area contributed by atoms with Crippen molar-refractivity contribution in [2.75, 3.05) is 18.4 Å². The van der Waals surface area contributed by atoms with Crippen LogP contribution in [0.15, 0.2) is 23.1 Å². The molecule has 3 heterocycles. The third kappa shape index (κ3) is 4.64. The van der Waals surface area contributed by atoms with Crippen molar-refractivity contribution in [2.24, 2.45) is 7.05 Å². The standard InChI is InChI=1S/C19H22F2N6O3S2/c1-26-14-6-5-12(32(29,30)27-9-3-2-4-10-27)11-13(14)22-15(26)7-8-16(28)23-19-25-24-18(31-19)17(20)21/h5-6,11,17H,2-4,7-10H2,1H3,(H,23,25,28). The first kappa shape index (κ1) is 22.7. The maximum absolute atomic E-state index is 12.9. The lowest BCUT2D eigenvalue weighted by atomic mass is 10.2. The van der Waals surface area contributed by atoms with Gasteiger partial charge >= 0.3 is 0 Å². The Morgan fingerprint density at radius 1 is 1.22 bits per heavy atom. The number of sulfonamides is 1. The molecule has 172 valence electrons. The first-order chi connectivity index (χ1) is 15.3. The Kier molecular flexibility index (Phi) is 6.49. The van der Waals surface area contributed by atoms with Gasteiger partial charge < -0.3 is 9.88 Å². The van der Waals surface area contributed by atoms with E-state index in [2.05, 4.69) is 20.5 Å². The minimum atomic E-state index is -3.57. The topological polar surface area (TPSA) is 110 Å².